The van der Waals surface area contributed by atoms with Crippen LogP contribution < -0.4 is 15.2 Å². The fourth-order valence-corrected chi connectivity index (χ4v) is 4.92. The monoisotopic (exact) mass is 472 g/mol. The Morgan fingerprint density at radius 3 is 2.79 bits per heavy atom. The molecule has 2 N–H and O–H groups in total. The number of hydrogen-bond donors (Lipinski definition) is 1. The minimum atomic E-state index is -0.402. The first-order valence-corrected chi connectivity index (χ1v) is 11.6. The molecule has 2 aromatic heterocycles. The van der Waals surface area contributed by atoms with Gasteiger partial charge in [0.25, 0.3) is 0 Å². The molecule has 3 aromatic carbocycles. The summed E-state index contributed by atoms with van der Waals surface area (Å²) >= 11 is 1.18. The Hall–Kier alpha value is -4.11. The summed E-state index contributed by atoms with van der Waals surface area (Å²) in [5, 5.41) is 0.860. The van der Waals surface area contributed by atoms with E-state index in [4.69, 9.17) is 19.9 Å². The van der Waals surface area contributed by atoms with Gasteiger partial charge in [0.05, 0.1) is 18.3 Å². The fourth-order valence-electron chi connectivity index (χ4n) is 4.40. The second-order valence-electron chi connectivity index (χ2n) is 7.96. The Morgan fingerprint density at radius 2 is 1.91 bits per heavy atom. The number of hydrogen-bond acceptors (Lipinski definition) is 8. The number of ether oxygens (including phenoxy) is 3. The van der Waals surface area contributed by atoms with Crippen molar-refractivity contribution in [3.05, 3.63) is 65.9 Å². The van der Waals surface area contributed by atoms with Crippen LogP contribution in [-0.2, 0) is 11.3 Å². The summed E-state index contributed by atoms with van der Waals surface area (Å²) < 4.78 is 27.2. The molecule has 3 heterocycles. The van der Waals surface area contributed by atoms with E-state index in [0.29, 0.717) is 29.4 Å². The molecule has 0 spiro atoms. The molecule has 0 atom stereocenters. The Morgan fingerprint density at radius 1 is 1.06 bits per heavy atom. The maximum Gasteiger partial charge on any atom is 0.355 e. The Bertz CT molecular complexity index is 1570. The van der Waals surface area contributed by atoms with Crippen LogP contribution >= 0.6 is 11.7 Å². The molecule has 170 valence electrons. The molecule has 0 amide bonds. The molecular weight excluding hydrogens is 452 g/mol. The van der Waals surface area contributed by atoms with Crippen LogP contribution in [0.25, 0.3) is 33.1 Å². The summed E-state index contributed by atoms with van der Waals surface area (Å²) in [5.74, 6) is 0.912. The van der Waals surface area contributed by atoms with E-state index in [-0.39, 0.29) is 13.4 Å². The van der Waals surface area contributed by atoms with Crippen molar-refractivity contribution in [2.24, 2.45) is 0 Å². The van der Waals surface area contributed by atoms with Gasteiger partial charge in [-0.25, -0.2) is 4.79 Å². The summed E-state index contributed by atoms with van der Waals surface area (Å²) in [4.78, 5) is 13.4. The predicted octanol–water partition coefficient (Wildman–Crippen LogP) is 4.85. The summed E-state index contributed by atoms with van der Waals surface area (Å²) in [7, 11) is 0. The second kappa shape index (κ2) is 8.03. The van der Waals surface area contributed by atoms with Gasteiger partial charge in [0.15, 0.2) is 11.5 Å². The zero-order valence-corrected chi connectivity index (χ0v) is 19.1. The highest BCUT2D eigenvalue weighted by Crippen LogP contribution is 2.42. The van der Waals surface area contributed by atoms with Gasteiger partial charge in [-0.3, -0.25) is 0 Å². The van der Waals surface area contributed by atoms with Gasteiger partial charge >= 0.3 is 5.97 Å². The largest absolute Gasteiger partial charge is 0.461 e. The number of rotatable bonds is 5. The molecule has 0 saturated carbocycles. The van der Waals surface area contributed by atoms with Crippen molar-refractivity contribution in [1.82, 2.24) is 13.3 Å². The minimum Gasteiger partial charge on any atom is -0.461 e. The zero-order chi connectivity index (χ0) is 23.2. The van der Waals surface area contributed by atoms with Crippen molar-refractivity contribution >= 4 is 45.3 Å². The molecule has 0 saturated heterocycles. The van der Waals surface area contributed by atoms with Crippen molar-refractivity contribution in [3.8, 4) is 22.6 Å². The number of aromatic nitrogens is 3. The quantitative estimate of drug-likeness (QED) is 0.288. The third-order valence-corrected chi connectivity index (χ3v) is 6.43. The van der Waals surface area contributed by atoms with E-state index >= 15 is 0 Å². The number of fused-ring (bicyclic) bond motifs is 3. The van der Waals surface area contributed by atoms with Gasteiger partial charge < -0.3 is 24.5 Å². The third-order valence-electron chi connectivity index (χ3n) is 5.88. The number of benzene rings is 3. The molecule has 8 nitrogen and oxygen atoms in total. The topological polar surface area (TPSA) is 101 Å². The van der Waals surface area contributed by atoms with Crippen LogP contribution in [0.5, 0.6) is 11.5 Å². The van der Waals surface area contributed by atoms with Gasteiger partial charge in [0.2, 0.25) is 6.79 Å². The van der Waals surface area contributed by atoms with Crippen molar-refractivity contribution in [2.45, 2.75) is 13.5 Å². The maximum absolute atomic E-state index is 13.4. The lowest BCUT2D eigenvalue weighted by Crippen LogP contribution is -2.14. The maximum atomic E-state index is 13.4. The van der Waals surface area contributed by atoms with Crippen molar-refractivity contribution in [2.75, 3.05) is 19.1 Å². The molecule has 9 heteroatoms. The smallest absolute Gasteiger partial charge is 0.355 e. The lowest BCUT2D eigenvalue weighted by molar-refractivity contribution is 0.0516. The molecule has 1 aliphatic heterocycles. The van der Waals surface area contributed by atoms with Crippen molar-refractivity contribution < 1.29 is 19.0 Å². The van der Waals surface area contributed by atoms with Crippen molar-refractivity contribution in [3.63, 3.8) is 0 Å². The molecule has 6 rings (SSSR count). The molecular formula is C25H20N4O4S. The Labute approximate surface area is 198 Å². The molecule has 1 aliphatic rings. The number of carbonyl (C=O) groups is 1. The fraction of sp³-hybridized carbons (Fsp3) is 0.160. The number of nitrogens with two attached hydrogens (primary N) is 1. The van der Waals surface area contributed by atoms with E-state index in [1.807, 2.05) is 59.2 Å². The third kappa shape index (κ3) is 3.32. The second-order valence-corrected chi connectivity index (χ2v) is 8.49. The molecule has 0 fully saturated rings. The van der Waals surface area contributed by atoms with Gasteiger partial charge in [0, 0.05) is 28.7 Å². The van der Waals surface area contributed by atoms with Crippen LogP contribution in [0.4, 0.5) is 5.69 Å². The number of nitrogen functional groups attached to an aromatic ring is 1. The minimum absolute atomic E-state index is 0.173. The highest BCUT2D eigenvalue weighted by atomic mass is 32.1. The summed E-state index contributed by atoms with van der Waals surface area (Å²) in [6, 6.07) is 17.3. The Kier molecular flexibility index (Phi) is 4.84. The summed E-state index contributed by atoms with van der Waals surface area (Å²) in [6.07, 6.45) is 0. The lowest BCUT2D eigenvalue weighted by Gasteiger charge is -2.12. The molecule has 0 bridgehead atoms. The van der Waals surface area contributed by atoms with E-state index in [1.165, 1.54) is 11.7 Å². The number of carbonyl (C=O) groups excluding carboxylic acids is 1. The van der Waals surface area contributed by atoms with Gasteiger partial charge in [-0.1, -0.05) is 12.1 Å². The average molecular weight is 473 g/mol. The Balaban J connectivity index is 1.60. The van der Waals surface area contributed by atoms with E-state index in [9.17, 15) is 4.79 Å². The van der Waals surface area contributed by atoms with Gasteiger partial charge in [-0.2, -0.15) is 8.75 Å². The normalized spacial score (nSPS) is 12.5. The first kappa shape index (κ1) is 20.5. The standard InChI is InChI=1S/C25H20N4O4S/c1-2-31-25(30)24-23(15-4-8-21-22(10-15)33-13-32-21)17-11-16(26)5-7-20(17)29(24)12-14-3-6-18-19(9-14)28-34-27-18/h3-11H,2,12-13,26H2,1H3. The average Bonchev–Trinajstić information content (AvgIpc) is 3.55. The van der Waals surface area contributed by atoms with Crippen molar-refractivity contribution in [1.29, 1.82) is 0 Å². The van der Waals surface area contributed by atoms with Crippen LogP contribution in [-0.4, -0.2) is 32.7 Å². The molecule has 5 aromatic rings. The van der Waals surface area contributed by atoms with E-state index in [1.54, 1.807) is 6.92 Å². The van der Waals surface area contributed by atoms with Crippen LogP contribution in [0.3, 0.4) is 0 Å². The molecule has 0 radical (unpaired) electrons. The van der Waals surface area contributed by atoms with E-state index < -0.39 is 5.97 Å². The highest BCUT2D eigenvalue weighted by molar-refractivity contribution is 7.00. The molecule has 0 unspecified atom stereocenters. The van der Waals surface area contributed by atoms with Crippen LogP contribution in [0.15, 0.2) is 54.6 Å². The number of nitrogens with zero attached hydrogens (tertiary/aromatic N) is 3. The predicted molar refractivity (Wildman–Crippen MR) is 130 cm³/mol. The first-order chi connectivity index (χ1) is 16.6. The summed E-state index contributed by atoms with van der Waals surface area (Å²) in [6.45, 7) is 2.69. The molecule has 34 heavy (non-hydrogen) atoms. The van der Waals surface area contributed by atoms with Gasteiger partial charge in [-0.05, 0) is 60.5 Å². The van der Waals surface area contributed by atoms with Crippen LogP contribution in [0.2, 0.25) is 0 Å². The summed E-state index contributed by atoms with van der Waals surface area (Å²) in [5.41, 5.74) is 12.4. The molecule has 0 aliphatic carbocycles. The van der Waals surface area contributed by atoms with Gasteiger partial charge in [0.1, 0.15) is 16.7 Å². The number of esters is 1. The highest BCUT2D eigenvalue weighted by Gasteiger charge is 2.27. The first-order valence-electron chi connectivity index (χ1n) is 10.8. The SMILES string of the molecule is CCOC(=O)c1c(-c2ccc3c(c2)OCO3)c2cc(N)ccc2n1Cc1ccc2nsnc2c1. The van der Waals surface area contributed by atoms with Crippen LogP contribution in [0.1, 0.15) is 23.0 Å². The van der Waals surface area contributed by atoms with E-state index in [2.05, 4.69) is 8.75 Å². The van der Waals surface area contributed by atoms with E-state index in [0.717, 1.165) is 38.6 Å². The zero-order valence-electron chi connectivity index (χ0n) is 18.3. The number of anilines is 1. The van der Waals surface area contributed by atoms with Gasteiger partial charge in [-0.15, -0.1) is 0 Å². The lowest BCUT2D eigenvalue weighted by atomic mass is 10.0. The van der Waals surface area contributed by atoms with Crippen LogP contribution in [0, 0.1) is 0 Å².